The molecule has 0 spiro atoms. The molecule has 2 heteroatoms. The molecular formula is C16H21NO. The molecule has 0 fully saturated rings. The Bertz CT molecular complexity index is 462. The Labute approximate surface area is 109 Å². The summed E-state index contributed by atoms with van der Waals surface area (Å²) in [7, 11) is 0. The molecule has 18 heavy (non-hydrogen) atoms. The lowest BCUT2D eigenvalue weighted by molar-refractivity contribution is 0.406. The quantitative estimate of drug-likeness (QED) is 0.833. The number of aryl methyl sites for hydroxylation is 1. The van der Waals surface area contributed by atoms with Crippen LogP contribution in [0.5, 0.6) is 0 Å². The molecule has 1 unspecified atom stereocenters. The van der Waals surface area contributed by atoms with Crippen molar-refractivity contribution < 1.29 is 4.42 Å². The summed E-state index contributed by atoms with van der Waals surface area (Å²) in [4.78, 5) is 0. The molecule has 1 aromatic heterocycles. The van der Waals surface area contributed by atoms with Gasteiger partial charge in [0.2, 0.25) is 0 Å². The first kappa shape index (κ1) is 12.9. The predicted molar refractivity (Wildman–Crippen MR) is 74.6 cm³/mol. The second-order valence-corrected chi connectivity index (χ2v) is 4.67. The highest BCUT2D eigenvalue weighted by Gasteiger charge is 2.10. The fourth-order valence-electron chi connectivity index (χ4n) is 2.19. The number of hydrogen-bond acceptors (Lipinski definition) is 2. The molecule has 2 nitrogen and oxygen atoms in total. The van der Waals surface area contributed by atoms with E-state index in [1.54, 1.807) is 6.26 Å². The summed E-state index contributed by atoms with van der Waals surface area (Å²) in [5, 5.41) is 3.55. The van der Waals surface area contributed by atoms with Gasteiger partial charge >= 0.3 is 0 Å². The van der Waals surface area contributed by atoms with Crippen molar-refractivity contribution in [2.75, 3.05) is 6.54 Å². The van der Waals surface area contributed by atoms with E-state index in [-0.39, 0.29) is 0 Å². The van der Waals surface area contributed by atoms with Gasteiger partial charge in [-0.05, 0) is 44.0 Å². The van der Waals surface area contributed by atoms with E-state index in [2.05, 4.69) is 43.4 Å². The summed E-state index contributed by atoms with van der Waals surface area (Å²) in [6, 6.07) is 13.0. The molecule has 1 N–H and O–H groups in total. The van der Waals surface area contributed by atoms with Gasteiger partial charge in [0, 0.05) is 0 Å². The first-order chi connectivity index (χ1) is 8.79. The van der Waals surface area contributed by atoms with Gasteiger partial charge in [-0.15, -0.1) is 0 Å². The standard InChI is InChI=1S/C16H21NO/c1-3-15(16-8-5-11-18-16)17-10-9-14-7-4-6-13(2)12-14/h4-8,11-12,15,17H,3,9-10H2,1-2H3. The molecule has 1 atom stereocenters. The summed E-state index contributed by atoms with van der Waals surface area (Å²) in [5.74, 6) is 1.03. The minimum absolute atomic E-state index is 0.324. The molecule has 0 aliphatic carbocycles. The monoisotopic (exact) mass is 243 g/mol. The van der Waals surface area contributed by atoms with Gasteiger partial charge in [0.1, 0.15) is 5.76 Å². The lowest BCUT2D eigenvalue weighted by atomic mass is 10.1. The van der Waals surface area contributed by atoms with Crippen LogP contribution >= 0.6 is 0 Å². The molecule has 0 radical (unpaired) electrons. The molecule has 1 aromatic carbocycles. The van der Waals surface area contributed by atoms with E-state index in [9.17, 15) is 0 Å². The van der Waals surface area contributed by atoms with Crippen molar-refractivity contribution in [3.05, 3.63) is 59.5 Å². The maximum Gasteiger partial charge on any atom is 0.120 e. The summed E-state index contributed by atoms with van der Waals surface area (Å²) < 4.78 is 5.45. The number of nitrogens with one attached hydrogen (secondary N) is 1. The molecule has 0 aliphatic rings. The zero-order valence-corrected chi connectivity index (χ0v) is 11.1. The summed E-state index contributed by atoms with van der Waals surface area (Å²) >= 11 is 0. The molecule has 96 valence electrons. The summed E-state index contributed by atoms with van der Waals surface area (Å²) in [6.07, 6.45) is 3.83. The van der Waals surface area contributed by atoms with E-state index in [0.717, 1.165) is 25.1 Å². The summed E-state index contributed by atoms with van der Waals surface area (Å²) in [5.41, 5.74) is 2.71. The van der Waals surface area contributed by atoms with Crippen molar-refractivity contribution >= 4 is 0 Å². The molecule has 0 saturated carbocycles. The smallest absolute Gasteiger partial charge is 0.120 e. The molecule has 0 aliphatic heterocycles. The van der Waals surface area contributed by atoms with Crippen molar-refractivity contribution in [3.8, 4) is 0 Å². The topological polar surface area (TPSA) is 25.2 Å². The van der Waals surface area contributed by atoms with E-state index in [0.29, 0.717) is 6.04 Å². The molecular weight excluding hydrogens is 222 g/mol. The van der Waals surface area contributed by atoms with Gasteiger partial charge in [0.25, 0.3) is 0 Å². The molecule has 0 bridgehead atoms. The van der Waals surface area contributed by atoms with Gasteiger partial charge in [-0.3, -0.25) is 0 Å². The van der Waals surface area contributed by atoms with Gasteiger partial charge in [-0.1, -0.05) is 36.8 Å². The SMILES string of the molecule is CCC(NCCc1cccc(C)c1)c1ccco1. The van der Waals surface area contributed by atoms with E-state index in [1.165, 1.54) is 11.1 Å². The van der Waals surface area contributed by atoms with Crippen LogP contribution in [0.3, 0.4) is 0 Å². The minimum atomic E-state index is 0.324. The Morgan fingerprint density at radius 3 is 2.78 bits per heavy atom. The maximum atomic E-state index is 5.45. The summed E-state index contributed by atoms with van der Waals surface area (Å²) in [6.45, 7) is 5.28. The van der Waals surface area contributed by atoms with E-state index in [1.807, 2.05) is 12.1 Å². The van der Waals surface area contributed by atoms with Crippen molar-refractivity contribution in [2.45, 2.75) is 32.7 Å². The Hall–Kier alpha value is -1.54. The first-order valence-corrected chi connectivity index (χ1v) is 6.62. The predicted octanol–water partition coefficient (Wildman–Crippen LogP) is 3.87. The average Bonchev–Trinajstić information content (AvgIpc) is 2.88. The lowest BCUT2D eigenvalue weighted by Crippen LogP contribution is -2.22. The highest BCUT2D eigenvalue weighted by molar-refractivity contribution is 5.22. The van der Waals surface area contributed by atoms with Crippen molar-refractivity contribution in [1.82, 2.24) is 5.32 Å². The number of hydrogen-bond donors (Lipinski definition) is 1. The van der Waals surface area contributed by atoms with Crippen LogP contribution < -0.4 is 5.32 Å². The van der Waals surface area contributed by atoms with Crippen molar-refractivity contribution in [1.29, 1.82) is 0 Å². The Morgan fingerprint density at radius 2 is 2.11 bits per heavy atom. The third kappa shape index (κ3) is 3.47. The highest BCUT2D eigenvalue weighted by atomic mass is 16.3. The second kappa shape index (κ2) is 6.41. The van der Waals surface area contributed by atoms with Crippen LogP contribution in [0.2, 0.25) is 0 Å². The molecule has 0 saturated heterocycles. The van der Waals surface area contributed by atoms with Crippen LogP contribution in [0.1, 0.15) is 36.3 Å². The third-order valence-electron chi connectivity index (χ3n) is 3.18. The van der Waals surface area contributed by atoms with Crippen molar-refractivity contribution in [2.24, 2.45) is 0 Å². The average molecular weight is 243 g/mol. The van der Waals surface area contributed by atoms with Crippen LogP contribution in [0.25, 0.3) is 0 Å². The largest absolute Gasteiger partial charge is 0.468 e. The number of benzene rings is 1. The van der Waals surface area contributed by atoms with Gasteiger partial charge in [0.15, 0.2) is 0 Å². The zero-order valence-electron chi connectivity index (χ0n) is 11.1. The normalized spacial score (nSPS) is 12.6. The van der Waals surface area contributed by atoms with Crippen LogP contribution in [-0.2, 0) is 6.42 Å². The lowest BCUT2D eigenvalue weighted by Gasteiger charge is -2.14. The third-order valence-corrected chi connectivity index (χ3v) is 3.18. The molecule has 0 amide bonds. The fraction of sp³-hybridized carbons (Fsp3) is 0.375. The van der Waals surface area contributed by atoms with Gasteiger partial charge in [0.05, 0.1) is 12.3 Å². The highest BCUT2D eigenvalue weighted by Crippen LogP contribution is 2.16. The molecule has 1 heterocycles. The van der Waals surface area contributed by atoms with Gasteiger partial charge < -0.3 is 9.73 Å². The molecule has 2 rings (SSSR count). The van der Waals surface area contributed by atoms with E-state index in [4.69, 9.17) is 4.42 Å². The minimum Gasteiger partial charge on any atom is -0.468 e. The second-order valence-electron chi connectivity index (χ2n) is 4.67. The maximum absolute atomic E-state index is 5.45. The number of rotatable bonds is 6. The zero-order chi connectivity index (χ0) is 12.8. The van der Waals surface area contributed by atoms with E-state index >= 15 is 0 Å². The van der Waals surface area contributed by atoms with E-state index < -0.39 is 0 Å². The van der Waals surface area contributed by atoms with Crippen LogP contribution in [0.4, 0.5) is 0 Å². The molecule has 2 aromatic rings. The van der Waals surface area contributed by atoms with Crippen LogP contribution in [0.15, 0.2) is 47.1 Å². The van der Waals surface area contributed by atoms with Crippen molar-refractivity contribution in [3.63, 3.8) is 0 Å². The van der Waals surface area contributed by atoms with Gasteiger partial charge in [-0.2, -0.15) is 0 Å². The first-order valence-electron chi connectivity index (χ1n) is 6.62. The Kier molecular flexibility index (Phi) is 4.59. The fourth-order valence-corrected chi connectivity index (χ4v) is 2.19. The van der Waals surface area contributed by atoms with Crippen LogP contribution in [0, 0.1) is 6.92 Å². The van der Waals surface area contributed by atoms with Gasteiger partial charge in [-0.25, -0.2) is 0 Å². The Balaban J connectivity index is 1.84. The number of furan rings is 1. The van der Waals surface area contributed by atoms with Crippen LogP contribution in [-0.4, -0.2) is 6.54 Å². The Morgan fingerprint density at radius 1 is 1.22 bits per heavy atom.